The molecule has 2 N–H and O–H groups in total. The van der Waals surface area contributed by atoms with Crippen LogP contribution in [0, 0.1) is 0 Å². The lowest BCUT2D eigenvalue weighted by Gasteiger charge is -2.03. The molecule has 2 heterocycles. The van der Waals surface area contributed by atoms with Crippen LogP contribution < -0.4 is 5.14 Å². The lowest BCUT2D eigenvalue weighted by molar-refractivity contribution is 0.586. The van der Waals surface area contributed by atoms with Crippen molar-refractivity contribution in [3.05, 3.63) is 24.6 Å². The standard InChI is InChI=1S/C9H10N2O5S2/c10-18(14,15)6-5-17(12,13)9-7-2-4-16-8(7)1-3-11-9/h1-4H,5-6H2,(H2,10,14,15). The molecule has 0 radical (unpaired) electrons. The SMILES string of the molecule is NS(=O)(=O)CCS(=O)(=O)c1nccc2occc12. The molecule has 0 aliphatic heterocycles. The number of nitrogens with two attached hydrogens (primary N) is 1. The number of sulfone groups is 1. The first-order valence-corrected chi connectivity index (χ1v) is 8.22. The molecule has 0 aromatic carbocycles. The summed E-state index contributed by atoms with van der Waals surface area (Å²) in [5.74, 6) is -1.26. The van der Waals surface area contributed by atoms with E-state index in [0.29, 0.717) is 11.0 Å². The van der Waals surface area contributed by atoms with Crippen molar-refractivity contribution in [2.45, 2.75) is 5.03 Å². The van der Waals surface area contributed by atoms with Gasteiger partial charge in [-0.2, -0.15) is 0 Å². The second kappa shape index (κ2) is 4.34. The topological polar surface area (TPSA) is 120 Å². The molecule has 0 bridgehead atoms. The summed E-state index contributed by atoms with van der Waals surface area (Å²) in [5, 5.41) is 4.91. The van der Waals surface area contributed by atoms with Crippen LogP contribution in [-0.4, -0.2) is 33.3 Å². The lowest BCUT2D eigenvalue weighted by atomic mass is 10.3. The fourth-order valence-electron chi connectivity index (χ4n) is 1.44. The van der Waals surface area contributed by atoms with E-state index in [2.05, 4.69) is 4.98 Å². The molecule has 0 spiro atoms. The van der Waals surface area contributed by atoms with Gasteiger partial charge in [-0.15, -0.1) is 0 Å². The molecule has 0 amide bonds. The van der Waals surface area contributed by atoms with Crippen LogP contribution in [0.4, 0.5) is 0 Å². The van der Waals surface area contributed by atoms with Crippen LogP contribution in [0.25, 0.3) is 11.0 Å². The zero-order valence-electron chi connectivity index (χ0n) is 9.11. The summed E-state index contributed by atoms with van der Waals surface area (Å²) in [4.78, 5) is 3.77. The first-order valence-electron chi connectivity index (χ1n) is 4.85. The Hall–Kier alpha value is -1.45. The van der Waals surface area contributed by atoms with Gasteiger partial charge in [-0.05, 0) is 12.1 Å². The molecule has 0 unspecified atom stereocenters. The zero-order valence-corrected chi connectivity index (χ0v) is 10.7. The third-order valence-corrected chi connectivity index (χ3v) is 4.96. The maximum absolute atomic E-state index is 12.0. The Kier molecular flexibility index (Phi) is 3.13. The fraction of sp³-hybridized carbons (Fsp3) is 0.222. The Morgan fingerprint density at radius 2 is 1.89 bits per heavy atom. The van der Waals surface area contributed by atoms with E-state index in [0.717, 1.165) is 0 Å². The van der Waals surface area contributed by atoms with Crippen LogP contribution in [0.15, 0.2) is 34.0 Å². The van der Waals surface area contributed by atoms with Crippen LogP contribution in [0.1, 0.15) is 0 Å². The van der Waals surface area contributed by atoms with Gasteiger partial charge in [-0.3, -0.25) is 0 Å². The van der Waals surface area contributed by atoms with Gasteiger partial charge in [0.15, 0.2) is 14.9 Å². The van der Waals surface area contributed by atoms with Crippen LogP contribution in [0.3, 0.4) is 0 Å². The fourth-order valence-corrected chi connectivity index (χ4v) is 4.16. The number of aromatic nitrogens is 1. The molecule has 9 heteroatoms. The van der Waals surface area contributed by atoms with Gasteiger partial charge in [0, 0.05) is 6.20 Å². The van der Waals surface area contributed by atoms with Gasteiger partial charge in [-0.1, -0.05) is 0 Å². The number of pyridine rings is 1. The highest BCUT2D eigenvalue weighted by Crippen LogP contribution is 2.22. The van der Waals surface area contributed by atoms with E-state index in [1.165, 1.54) is 24.6 Å². The Bertz CT molecular complexity index is 776. The van der Waals surface area contributed by atoms with Gasteiger partial charge in [0.2, 0.25) is 10.0 Å². The summed E-state index contributed by atoms with van der Waals surface area (Å²) >= 11 is 0. The lowest BCUT2D eigenvalue weighted by Crippen LogP contribution is -2.23. The second-order valence-corrected chi connectivity index (χ2v) is 7.39. The normalized spacial score (nSPS) is 12.9. The van der Waals surface area contributed by atoms with Crippen LogP contribution in [-0.2, 0) is 19.9 Å². The molecule has 0 saturated carbocycles. The van der Waals surface area contributed by atoms with E-state index in [-0.39, 0.29) is 5.03 Å². The van der Waals surface area contributed by atoms with Crippen molar-refractivity contribution in [2.75, 3.05) is 11.5 Å². The third kappa shape index (κ3) is 2.68. The summed E-state index contributed by atoms with van der Waals surface area (Å²) in [6.07, 6.45) is 2.63. The maximum atomic E-state index is 12.0. The molecule has 2 rings (SSSR count). The van der Waals surface area contributed by atoms with Crippen molar-refractivity contribution >= 4 is 30.8 Å². The average molecular weight is 290 g/mol. The van der Waals surface area contributed by atoms with Gasteiger partial charge in [0.1, 0.15) is 5.58 Å². The van der Waals surface area contributed by atoms with Crippen molar-refractivity contribution in [1.82, 2.24) is 4.98 Å². The van der Waals surface area contributed by atoms with Gasteiger partial charge < -0.3 is 4.42 Å². The quantitative estimate of drug-likeness (QED) is 0.838. The summed E-state index contributed by atoms with van der Waals surface area (Å²) < 4.78 is 50.6. The monoisotopic (exact) mass is 290 g/mol. The van der Waals surface area contributed by atoms with Crippen LogP contribution in [0.2, 0.25) is 0 Å². The predicted octanol–water partition coefficient (Wildman–Crippen LogP) is -0.110. The highest BCUT2D eigenvalue weighted by molar-refractivity contribution is 7.94. The van der Waals surface area contributed by atoms with E-state index in [9.17, 15) is 16.8 Å². The van der Waals surface area contributed by atoms with E-state index < -0.39 is 31.4 Å². The molecule has 98 valence electrons. The summed E-state index contributed by atoms with van der Waals surface area (Å²) in [5.41, 5.74) is 0.374. The molecule has 2 aromatic rings. The van der Waals surface area contributed by atoms with E-state index in [1.54, 1.807) is 0 Å². The second-order valence-electron chi connectivity index (χ2n) is 3.63. The third-order valence-electron chi connectivity index (χ3n) is 2.27. The first kappa shape index (κ1) is 13.0. The van der Waals surface area contributed by atoms with Crippen LogP contribution in [0.5, 0.6) is 0 Å². The van der Waals surface area contributed by atoms with Crippen molar-refractivity contribution in [1.29, 1.82) is 0 Å². The van der Waals surface area contributed by atoms with Gasteiger partial charge in [0.25, 0.3) is 0 Å². The van der Waals surface area contributed by atoms with Crippen molar-refractivity contribution in [2.24, 2.45) is 5.14 Å². The van der Waals surface area contributed by atoms with E-state index >= 15 is 0 Å². The average Bonchev–Trinajstić information content (AvgIpc) is 2.73. The highest BCUT2D eigenvalue weighted by Gasteiger charge is 2.22. The molecule has 7 nitrogen and oxygen atoms in total. The number of fused-ring (bicyclic) bond motifs is 1. The summed E-state index contributed by atoms with van der Waals surface area (Å²) in [7, 11) is -7.66. The van der Waals surface area contributed by atoms with Crippen molar-refractivity contribution < 1.29 is 21.3 Å². The summed E-state index contributed by atoms with van der Waals surface area (Å²) in [6.45, 7) is 0. The molecule has 2 aromatic heterocycles. The number of nitrogens with zero attached hydrogens (tertiary/aromatic N) is 1. The largest absolute Gasteiger partial charge is 0.464 e. The maximum Gasteiger partial charge on any atom is 0.210 e. The first-order chi connectivity index (χ1) is 8.30. The molecule has 0 aliphatic carbocycles. The number of rotatable bonds is 4. The number of sulfonamides is 1. The minimum atomic E-state index is -3.84. The van der Waals surface area contributed by atoms with Crippen LogP contribution >= 0.6 is 0 Å². The minimum Gasteiger partial charge on any atom is -0.464 e. The Labute approximate surface area is 104 Å². The number of primary sulfonamides is 1. The molecular weight excluding hydrogens is 280 g/mol. The smallest absolute Gasteiger partial charge is 0.210 e. The molecule has 0 atom stereocenters. The van der Waals surface area contributed by atoms with E-state index in [1.807, 2.05) is 0 Å². The number of hydrogen-bond acceptors (Lipinski definition) is 6. The van der Waals surface area contributed by atoms with E-state index in [4.69, 9.17) is 9.56 Å². The molecule has 18 heavy (non-hydrogen) atoms. The van der Waals surface area contributed by atoms with Crippen molar-refractivity contribution in [3.8, 4) is 0 Å². The molecule has 0 fully saturated rings. The van der Waals surface area contributed by atoms with Crippen molar-refractivity contribution in [3.63, 3.8) is 0 Å². The molecule has 0 saturated heterocycles. The minimum absolute atomic E-state index is 0.197. The molecular formula is C9H10N2O5S2. The summed E-state index contributed by atoms with van der Waals surface area (Å²) in [6, 6.07) is 2.99. The predicted molar refractivity (Wildman–Crippen MR) is 64.0 cm³/mol. The molecule has 0 aliphatic rings. The number of hydrogen-bond donors (Lipinski definition) is 1. The van der Waals surface area contributed by atoms with Gasteiger partial charge in [-0.25, -0.2) is 27.0 Å². The van der Waals surface area contributed by atoms with Gasteiger partial charge >= 0.3 is 0 Å². The zero-order chi connectivity index (χ0) is 13.4. The number of furan rings is 1. The Balaban J connectivity index is 2.44. The highest BCUT2D eigenvalue weighted by atomic mass is 32.2. The van der Waals surface area contributed by atoms with Gasteiger partial charge in [0.05, 0.1) is 23.2 Å². The Morgan fingerprint density at radius 1 is 1.17 bits per heavy atom. The Morgan fingerprint density at radius 3 is 2.56 bits per heavy atom.